The van der Waals surface area contributed by atoms with Gasteiger partial charge in [-0.2, -0.15) is 0 Å². The molecule has 1 atom stereocenters. The first kappa shape index (κ1) is 12.8. The minimum Gasteiger partial charge on any atom is -0.237 e. The van der Waals surface area contributed by atoms with Crippen LogP contribution in [0.1, 0.15) is 44.6 Å². The summed E-state index contributed by atoms with van der Waals surface area (Å²) < 4.78 is 14.4. The molecule has 1 aliphatic rings. The molecule has 1 saturated heterocycles. The molecule has 1 aromatic rings. The Labute approximate surface area is 107 Å². The fourth-order valence-corrected chi connectivity index (χ4v) is 3.41. The largest absolute Gasteiger partial charge is 0.237 e. The van der Waals surface area contributed by atoms with Crippen molar-refractivity contribution in [3.63, 3.8) is 0 Å². The van der Waals surface area contributed by atoms with Gasteiger partial charge in [0.05, 0.1) is 4.90 Å². The Morgan fingerprint density at radius 3 is 2.18 bits per heavy atom. The molecule has 0 N–H and O–H groups in total. The van der Waals surface area contributed by atoms with Gasteiger partial charge in [-0.15, -0.1) is 0 Å². The zero-order valence-electron chi connectivity index (χ0n) is 10.7. The van der Waals surface area contributed by atoms with Crippen molar-refractivity contribution in [2.75, 3.05) is 13.1 Å². The van der Waals surface area contributed by atoms with E-state index in [2.05, 4.69) is 30.3 Å². The molecule has 94 valence electrons. The molecular formula is C14H21NOS. The highest BCUT2D eigenvalue weighted by Gasteiger charge is 2.17. The third-order valence-corrected chi connectivity index (χ3v) is 4.81. The summed E-state index contributed by atoms with van der Waals surface area (Å²) in [6, 6.07) is 8.23. The molecule has 0 saturated carbocycles. The lowest BCUT2D eigenvalue weighted by Crippen LogP contribution is -2.31. The predicted molar refractivity (Wildman–Crippen MR) is 72.4 cm³/mol. The molecule has 1 unspecified atom stereocenters. The van der Waals surface area contributed by atoms with E-state index in [9.17, 15) is 4.21 Å². The van der Waals surface area contributed by atoms with E-state index in [1.807, 2.05) is 12.1 Å². The van der Waals surface area contributed by atoms with Gasteiger partial charge in [-0.3, -0.25) is 0 Å². The lowest BCUT2D eigenvalue weighted by Gasteiger charge is -2.25. The Bertz CT molecular complexity index is 380. The Morgan fingerprint density at radius 2 is 1.65 bits per heavy atom. The minimum atomic E-state index is -0.958. The van der Waals surface area contributed by atoms with Crippen molar-refractivity contribution >= 4 is 11.0 Å². The molecule has 0 spiro atoms. The maximum absolute atomic E-state index is 12.3. The topological polar surface area (TPSA) is 20.3 Å². The van der Waals surface area contributed by atoms with Gasteiger partial charge in [0.15, 0.2) is 0 Å². The average molecular weight is 251 g/mol. The highest BCUT2D eigenvalue weighted by molar-refractivity contribution is 7.82. The summed E-state index contributed by atoms with van der Waals surface area (Å²) in [6.07, 6.45) is 3.63. The van der Waals surface area contributed by atoms with E-state index in [0.717, 1.165) is 18.0 Å². The second-order valence-corrected chi connectivity index (χ2v) is 6.45. The van der Waals surface area contributed by atoms with Crippen molar-refractivity contribution in [1.29, 1.82) is 0 Å². The molecule has 17 heavy (non-hydrogen) atoms. The molecular weight excluding hydrogens is 230 g/mol. The Morgan fingerprint density at radius 1 is 1.06 bits per heavy atom. The molecule has 1 fully saturated rings. The number of rotatable bonds is 3. The third kappa shape index (κ3) is 3.17. The van der Waals surface area contributed by atoms with Crippen LogP contribution in [0.25, 0.3) is 0 Å². The van der Waals surface area contributed by atoms with Gasteiger partial charge in [0, 0.05) is 13.1 Å². The van der Waals surface area contributed by atoms with Crippen LogP contribution < -0.4 is 0 Å². The van der Waals surface area contributed by atoms with Crippen LogP contribution in [0, 0.1) is 0 Å². The van der Waals surface area contributed by atoms with Gasteiger partial charge in [-0.1, -0.05) is 32.4 Å². The van der Waals surface area contributed by atoms with Gasteiger partial charge in [0.1, 0.15) is 11.0 Å². The summed E-state index contributed by atoms with van der Waals surface area (Å²) in [5.74, 6) is 0.535. The van der Waals surface area contributed by atoms with E-state index < -0.39 is 11.0 Å². The van der Waals surface area contributed by atoms with Gasteiger partial charge in [-0.25, -0.2) is 8.51 Å². The number of hydrogen-bond acceptors (Lipinski definition) is 1. The summed E-state index contributed by atoms with van der Waals surface area (Å²) in [4.78, 5) is 0.941. The van der Waals surface area contributed by atoms with Gasteiger partial charge in [-0.05, 0) is 36.5 Å². The second kappa shape index (κ2) is 5.78. The Kier molecular flexibility index (Phi) is 4.35. The lowest BCUT2D eigenvalue weighted by molar-refractivity contribution is 0.365. The van der Waals surface area contributed by atoms with E-state index in [0.29, 0.717) is 5.92 Å². The maximum atomic E-state index is 12.3. The summed E-state index contributed by atoms with van der Waals surface area (Å²) in [6.45, 7) is 6.30. The van der Waals surface area contributed by atoms with Crippen molar-refractivity contribution < 1.29 is 4.21 Å². The smallest absolute Gasteiger partial charge is 0.127 e. The average Bonchev–Trinajstić information content (AvgIpc) is 2.39. The quantitative estimate of drug-likeness (QED) is 0.807. The van der Waals surface area contributed by atoms with Crippen molar-refractivity contribution in [1.82, 2.24) is 4.31 Å². The maximum Gasteiger partial charge on any atom is 0.127 e. The summed E-state index contributed by atoms with van der Waals surface area (Å²) >= 11 is 0. The molecule has 0 radical (unpaired) electrons. The molecule has 0 bridgehead atoms. The van der Waals surface area contributed by atoms with Crippen LogP contribution in [0.5, 0.6) is 0 Å². The van der Waals surface area contributed by atoms with E-state index in [-0.39, 0.29) is 0 Å². The van der Waals surface area contributed by atoms with Crippen LogP contribution in [0.2, 0.25) is 0 Å². The molecule has 2 nitrogen and oxygen atoms in total. The van der Waals surface area contributed by atoms with Crippen molar-refractivity contribution in [2.24, 2.45) is 0 Å². The summed E-state index contributed by atoms with van der Waals surface area (Å²) in [7, 11) is -0.958. The zero-order valence-corrected chi connectivity index (χ0v) is 11.5. The molecule has 3 heteroatoms. The van der Waals surface area contributed by atoms with Gasteiger partial charge in [0.25, 0.3) is 0 Å². The number of benzene rings is 1. The van der Waals surface area contributed by atoms with E-state index in [1.54, 1.807) is 0 Å². The van der Waals surface area contributed by atoms with Gasteiger partial charge < -0.3 is 0 Å². The standard InChI is InChI=1S/C14H21NOS/c1-12(2)13-6-8-14(9-7-13)17(16)15-10-4-3-5-11-15/h6-9,12H,3-5,10-11H2,1-2H3. The summed E-state index contributed by atoms with van der Waals surface area (Å²) in [5, 5.41) is 0. The summed E-state index contributed by atoms with van der Waals surface area (Å²) in [5.41, 5.74) is 1.31. The van der Waals surface area contributed by atoms with Crippen LogP contribution in [0.15, 0.2) is 29.2 Å². The zero-order chi connectivity index (χ0) is 12.3. The Hall–Kier alpha value is -0.670. The van der Waals surface area contributed by atoms with E-state index >= 15 is 0 Å². The lowest BCUT2D eigenvalue weighted by atomic mass is 10.0. The monoisotopic (exact) mass is 251 g/mol. The van der Waals surface area contributed by atoms with E-state index in [1.165, 1.54) is 24.8 Å². The van der Waals surface area contributed by atoms with Crippen LogP contribution in [0.4, 0.5) is 0 Å². The molecule has 1 aromatic carbocycles. The van der Waals surface area contributed by atoms with Gasteiger partial charge >= 0.3 is 0 Å². The van der Waals surface area contributed by atoms with Crippen LogP contribution in [0.3, 0.4) is 0 Å². The first-order valence-electron chi connectivity index (χ1n) is 6.45. The fourth-order valence-electron chi connectivity index (χ4n) is 2.15. The van der Waals surface area contributed by atoms with Crippen molar-refractivity contribution in [3.8, 4) is 0 Å². The Balaban J connectivity index is 2.08. The fraction of sp³-hybridized carbons (Fsp3) is 0.571. The van der Waals surface area contributed by atoms with E-state index in [4.69, 9.17) is 0 Å². The first-order chi connectivity index (χ1) is 8.18. The van der Waals surface area contributed by atoms with Crippen LogP contribution in [-0.2, 0) is 11.0 Å². The van der Waals surface area contributed by atoms with Crippen LogP contribution >= 0.6 is 0 Å². The number of nitrogens with zero attached hydrogens (tertiary/aromatic N) is 1. The second-order valence-electron chi connectivity index (χ2n) is 4.96. The van der Waals surface area contributed by atoms with Crippen molar-refractivity contribution in [2.45, 2.75) is 43.9 Å². The number of piperidine rings is 1. The van der Waals surface area contributed by atoms with Gasteiger partial charge in [0.2, 0.25) is 0 Å². The highest BCUT2D eigenvalue weighted by atomic mass is 32.2. The SMILES string of the molecule is CC(C)c1ccc(S(=O)N2CCCCC2)cc1. The van der Waals surface area contributed by atoms with Crippen molar-refractivity contribution in [3.05, 3.63) is 29.8 Å². The normalized spacial score (nSPS) is 19.5. The molecule has 0 aromatic heterocycles. The molecule has 2 rings (SSSR count). The highest BCUT2D eigenvalue weighted by Crippen LogP contribution is 2.20. The molecule has 1 heterocycles. The van der Waals surface area contributed by atoms with Crippen LogP contribution in [-0.4, -0.2) is 21.6 Å². The minimum absolute atomic E-state index is 0.535. The first-order valence-corrected chi connectivity index (χ1v) is 7.56. The molecule has 0 amide bonds. The predicted octanol–water partition coefficient (Wildman–Crippen LogP) is 3.32. The number of hydrogen-bond donors (Lipinski definition) is 0. The molecule has 1 aliphatic heterocycles. The molecule has 0 aliphatic carbocycles. The third-order valence-electron chi connectivity index (χ3n) is 3.30.